The minimum Gasteiger partial charge on any atom is -0.357 e. The number of benzene rings is 1. The van der Waals surface area contributed by atoms with Crippen LogP contribution < -0.4 is 10.6 Å². The van der Waals surface area contributed by atoms with Crippen LogP contribution in [0.1, 0.15) is 19.8 Å². The Morgan fingerprint density at radius 3 is 2.60 bits per heavy atom. The van der Waals surface area contributed by atoms with Gasteiger partial charge in [0.25, 0.3) is 0 Å². The van der Waals surface area contributed by atoms with Crippen molar-refractivity contribution in [2.45, 2.75) is 19.8 Å². The summed E-state index contributed by atoms with van der Waals surface area (Å²) in [6.07, 6.45) is 2.39. The van der Waals surface area contributed by atoms with Crippen molar-refractivity contribution in [3.8, 4) is 0 Å². The maximum atomic E-state index is 11.9. The zero-order valence-electron chi connectivity index (χ0n) is 11.9. The van der Waals surface area contributed by atoms with Crippen LogP contribution in [0.2, 0.25) is 0 Å². The van der Waals surface area contributed by atoms with E-state index in [1.807, 2.05) is 37.3 Å². The molecule has 2 rings (SSSR count). The van der Waals surface area contributed by atoms with Crippen molar-refractivity contribution < 1.29 is 4.79 Å². The molecule has 1 fully saturated rings. The third kappa shape index (κ3) is 4.26. The van der Waals surface area contributed by atoms with Gasteiger partial charge in [0.2, 0.25) is 5.91 Å². The van der Waals surface area contributed by atoms with Crippen molar-refractivity contribution in [3.05, 3.63) is 30.3 Å². The molecule has 0 unspecified atom stereocenters. The monoisotopic (exact) mass is 274 g/mol. The third-order valence-corrected chi connectivity index (χ3v) is 3.17. The smallest absolute Gasteiger partial charge is 0.246 e. The number of rotatable bonds is 4. The fourth-order valence-electron chi connectivity index (χ4n) is 2.22. The second-order valence-electron chi connectivity index (χ2n) is 4.78. The van der Waals surface area contributed by atoms with Crippen LogP contribution in [0.15, 0.2) is 35.3 Å². The minimum atomic E-state index is -0.0919. The highest BCUT2D eigenvalue weighted by molar-refractivity contribution is 5.94. The average molecular weight is 274 g/mol. The Kier molecular flexibility index (Phi) is 5.41. The number of anilines is 1. The van der Waals surface area contributed by atoms with E-state index in [0.29, 0.717) is 0 Å². The summed E-state index contributed by atoms with van der Waals surface area (Å²) in [6.45, 7) is 5.04. The molecule has 0 atom stereocenters. The van der Waals surface area contributed by atoms with E-state index in [0.717, 1.165) is 31.3 Å². The van der Waals surface area contributed by atoms with Crippen LogP contribution in [0.3, 0.4) is 0 Å². The Morgan fingerprint density at radius 2 is 1.95 bits per heavy atom. The van der Waals surface area contributed by atoms with Gasteiger partial charge < -0.3 is 15.5 Å². The van der Waals surface area contributed by atoms with Crippen LogP contribution in [-0.4, -0.2) is 42.9 Å². The van der Waals surface area contributed by atoms with Gasteiger partial charge in [-0.3, -0.25) is 4.79 Å². The molecule has 0 aliphatic carbocycles. The Balaban J connectivity index is 1.89. The number of likely N-dealkylation sites (tertiary alicyclic amines) is 1. The fourth-order valence-corrected chi connectivity index (χ4v) is 2.22. The molecular formula is C15H22N4O. The molecule has 20 heavy (non-hydrogen) atoms. The van der Waals surface area contributed by atoms with E-state index in [4.69, 9.17) is 0 Å². The summed E-state index contributed by atoms with van der Waals surface area (Å²) in [5.74, 6) is 0.749. The van der Waals surface area contributed by atoms with Crippen LogP contribution in [0.4, 0.5) is 5.69 Å². The molecule has 0 aromatic heterocycles. The predicted octanol–water partition coefficient (Wildman–Crippen LogP) is 1.69. The molecule has 1 amide bonds. The molecule has 1 saturated heterocycles. The summed E-state index contributed by atoms with van der Waals surface area (Å²) in [5.41, 5.74) is 0.805. The normalized spacial score (nSPS) is 15.2. The number of carbonyl (C=O) groups is 1. The van der Waals surface area contributed by atoms with Crippen LogP contribution in [0, 0.1) is 0 Å². The molecular weight excluding hydrogens is 252 g/mol. The topological polar surface area (TPSA) is 56.7 Å². The molecule has 1 aliphatic heterocycles. The summed E-state index contributed by atoms with van der Waals surface area (Å²) in [7, 11) is 0. The van der Waals surface area contributed by atoms with Crippen molar-refractivity contribution in [1.29, 1.82) is 0 Å². The Bertz CT molecular complexity index is 452. The summed E-state index contributed by atoms with van der Waals surface area (Å²) in [5, 5.41) is 6.08. The fraction of sp³-hybridized carbons (Fsp3) is 0.467. The number of hydrogen-bond donors (Lipinski definition) is 2. The Labute approximate surface area is 120 Å². The standard InChI is InChI=1S/C15H22N4O/c1-2-16-15(19-10-6-7-11-19)17-12-14(20)18-13-8-4-3-5-9-13/h3-5,8-9H,2,6-7,10-12H2,1H3,(H,16,17)(H,18,20). The van der Waals surface area contributed by atoms with E-state index < -0.39 is 0 Å². The Hall–Kier alpha value is -2.04. The van der Waals surface area contributed by atoms with Crippen LogP contribution in [0.5, 0.6) is 0 Å². The van der Waals surface area contributed by atoms with Crippen molar-refractivity contribution in [2.24, 2.45) is 4.99 Å². The lowest BCUT2D eigenvalue weighted by Crippen LogP contribution is -2.40. The lowest BCUT2D eigenvalue weighted by molar-refractivity contribution is -0.114. The molecule has 0 radical (unpaired) electrons. The van der Waals surface area contributed by atoms with Gasteiger partial charge in [0.1, 0.15) is 6.54 Å². The molecule has 1 aromatic carbocycles. The van der Waals surface area contributed by atoms with E-state index >= 15 is 0 Å². The van der Waals surface area contributed by atoms with Gasteiger partial charge >= 0.3 is 0 Å². The number of aliphatic imine (C=N–C) groups is 1. The summed E-state index contributed by atoms with van der Waals surface area (Å²) in [4.78, 5) is 18.5. The van der Waals surface area contributed by atoms with E-state index in [-0.39, 0.29) is 12.5 Å². The molecule has 1 aliphatic rings. The number of nitrogens with zero attached hydrogens (tertiary/aromatic N) is 2. The second-order valence-corrected chi connectivity index (χ2v) is 4.78. The minimum absolute atomic E-state index is 0.0919. The number of guanidine groups is 1. The van der Waals surface area contributed by atoms with Crippen molar-refractivity contribution in [1.82, 2.24) is 10.2 Å². The highest BCUT2D eigenvalue weighted by Gasteiger charge is 2.15. The SMILES string of the molecule is CCNC(=NCC(=O)Nc1ccccc1)N1CCCC1. The van der Waals surface area contributed by atoms with Gasteiger partial charge in [-0.25, -0.2) is 4.99 Å². The molecule has 0 bridgehead atoms. The van der Waals surface area contributed by atoms with Gasteiger partial charge in [-0.05, 0) is 31.9 Å². The maximum Gasteiger partial charge on any atom is 0.246 e. The number of hydrogen-bond acceptors (Lipinski definition) is 2. The molecule has 1 aromatic rings. The summed E-state index contributed by atoms with van der Waals surface area (Å²) in [6, 6.07) is 9.45. The highest BCUT2D eigenvalue weighted by atomic mass is 16.1. The highest BCUT2D eigenvalue weighted by Crippen LogP contribution is 2.08. The van der Waals surface area contributed by atoms with E-state index in [1.165, 1.54) is 12.8 Å². The Morgan fingerprint density at radius 1 is 1.25 bits per heavy atom. The molecule has 0 saturated carbocycles. The molecule has 0 spiro atoms. The van der Waals surface area contributed by atoms with Crippen molar-refractivity contribution in [3.63, 3.8) is 0 Å². The van der Waals surface area contributed by atoms with Gasteiger partial charge in [-0.1, -0.05) is 18.2 Å². The molecule has 1 heterocycles. The van der Waals surface area contributed by atoms with Gasteiger partial charge in [-0.2, -0.15) is 0 Å². The number of carbonyl (C=O) groups excluding carboxylic acids is 1. The molecule has 5 nitrogen and oxygen atoms in total. The molecule has 2 N–H and O–H groups in total. The lowest BCUT2D eigenvalue weighted by atomic mass is 10.3. The van der Waals surface area contributed by atoms with E-state index in [2.05, 4.69) is 20.5 Å². The third-order valence-electron chi connectivity index (χ3n) is 3.17. The van der Waals surface area contributed by atoms with Gasteiger partial charge in [0, 0.05) is 25.3 Å². The van der Waals surface area contributed by atoms with E-state index in [1.54, 1.807) is 0 Å². The zero-order chi connectivity index (χ0) is 14.2. The van der Waals surface area contributed by atoms with Crippen LogP contribution >= 0.6 is 0 Å². The largest absolute Gasteiger partial charge is 0.357 e. The first-order valence-electron chi connectivity index (χ1n) is 7.17. The molecule has 108 valence electrons. The molecule has 5 heteroatoms. The first kappa shape index (κ1) is 14.4. The van der Waals surface area contributed by atoms with Crippen LogP contribution in [0.25, 0.3) is 0 Å². The maximum absolute atomic E-state index is 11.9. The average Bonchev–Trinajstić information content (AvgIpc) is 2.98. The van der Waals surface area contributed by atoms with Crippen molar-refractivity contribution in [2.75, 3.05) is 31.5 Å². The first-order valence-corrected chi connectivity index (χ1v) is 7.17. The quantitative estimate of drug-likeness (QED) is 0.649. The number of nitrogens with one attached hydrogen (secondary N) is 2. The number of para-hydroxylation sites is 1. The van der Waals surface area contributed by atoms with Crippen molar-refractivity contribution >= 4 is 17.6 Å². The number of amides is 1. The zero-order valence-corrected chi connectivity index (χ0v) is 11.9. The summed E-state index contributed by atoms with van der Waals surface area (Å²) < 4.78 is 0. The lowest BCUT2D eigenvalue weighted by Gasteiger charge is -2.20. The van der Waals surface area contributed by atoms with Gasteiger partial charge in [0.05, 0.1) is 0 Å². The second kappa shape index (κ2) is 7.53. The van der Waals surface area contributed by atoms with Crippen LogP contribution in [-0.2, 0) is 4.79 Å². The summed E-state index contributed by atoms with van der Waals surface area (Å²) >= 11 is 0. The van der Waals surface area contributed by atoms with Gasteiger partial charge in [-0.15, -0.1) is 0 Å². The van der Waals surface area contributed by atoms with Gasteiger partial charge in [0.15, 0.2) is 5.96 Å². The van der Waals surface area contributed by atoms with E-state index in [9.17, 15) is 4.79 Å². The first-order chi connectivity index (χ1) is 9.79. The predicted molar refractivity (Wildman–Crippen MR) is 81.9 cm³/mol.